The van der Waals surface area contributed by atoms with Crippen LogP contribution >= 0.6 is 0 Å². The largest absolute Gasteiger partial charge is 0.507 e. The third-order valence-corrected chi connectivity index (χ3v) is 4.34. The standard InChI is InChI=1S/C21H13FN4O2/c22-16-4-2-1-3-14(16)15-8-18-19(9-20(15)27)25-17(10-21(28)26-18)12-5-6-24-13(7-12)11-23/h1-9,27H,10H2,(H,26,28). The van der Waals surface area contributed by atoms with Crippen molar-refractivity contribution in [3.05, 3.63) is 71.8 Å². The Morgan fingerprint density at radius 3 is 2.75 bits per heavy atom. The topological polar surface area (TPSA) is 98.4 Å². The number of hydrogen-bond donors (Lipinski definition) is 2. The van der Waals surface area contributed by atoms with Gasteiger partial charge in [-0.05, 0) is 24.3 Å². The lowest BCUT2D eigenvalue weighted by molar-refractivity contribution is -0.115. The summed E-state index contributed by atoms with van der Waals surface area (Å²) in [6.45, 7) is 0. The van der Waals surface area contributed by atoms with Gasteiger partial charge in [0.15, 0.2) is 0 Å². The molecule has 28 heavy (non-hydrogen) atoms. The van der Waals surface area contributed by atoms with E-state index in [2.05, 4.69) is 15.3 Å². The smallest absolute Gasteiger partial charge is 0.230 e. The molecule has 4 rings (SSSR count). The van der Waals surface area contributed by atoms with E-state index in [-0.39, 0.29) is 34.9 Å². The third kappa shape index (κ3) is 3.19. The summed E-state index contributed by atoms with van der Waals surface area (Å²) in [5, 5.41) is 22.2. The van der Waals surface area contributed by atoms with E-state index in [9.17, 15) is 14.3 Å². The second-order valence-corrected chi connectivity index (χ2v) is 6.19. The molecule has 0 aliphatic carbocycles. The summed E-state index contributed by atoms with van der Waals surface area (Å²) in [5.74, 6) is -0.948. The predicted octanol–water partition coefficient (Wildman–Crippen LogP) is 3.93. The molecule has 0 saturated carbocycles. The number of nitrogens with one attached hydrogen (secondary N) is 1. The number of halogens is 1. The number of phenols is 1. The molecule has 2 heterocycles. The van der Waals surface area contributed by atoms with E-state index in [0.717, 1.165) is 0 Å². The predicted molar refractivity (Wildman–Crippen MR) is 102 cm³/mol. The second-order valence-electron chi connectivity index (χ2n) is 6.19. The quantitative estimate of drug-likeness (QED) is 0.666. The Kier molecular flexibility index (Phi) is 4.30. The number of pyridine rings is 1. The lowest BCUT2D eigenvalue weighted by Crippen LogP contribution is -2.15. The number of benzene rings is 2. The minimum atomic E-state index is -0.484. The molecular weight excluding hydrogens is 359 g/mol. The van der Waals surface area contributed by atoms with E-state index >= 15 is 0 Å². The Morgan fingerprint density at radius 2 is 1.96 bits per heavy atom. The molecule has 1 amide bonds. The third-order valence-electron chi connectivity index (χ3n) is 4.34. The van der Waals surface area contributed by atoms with Crippen LogP contribution in [0.4, 0.5) is 15.8 Å². The zero-order valence-electron chi connectivity index (χ0n) is 14.5. The number of phenolic OH excluding ortho intramolecular Hbond substituents is 1. The van der Waals surface area contributed by atoms with Crippen LogP contribution in [0.25, 0.3) is 11.1 Å². The van der Waals surface area contributed by atoms with Gasteiger partial charge in [-0.3, -0.25) is 4.79 Å². The second kappa shape index (κ2) is 6.93. The normalized spacial score (nSPS) is 13.0. The summed E-state index contributed by atoms with van der Waals surface area (Å²) >= 11 is 0. The Hall–Kier alpha value is -4.05. The van der Waals surface area contributed by atoms with Crippen LogP contribution in [-0.4, -0.2) is 21.7 Å². The number of carbonyl (C=O) groups excluding carboxylic acids is 1. The molecule has 2 N–H and O–H groups in total. The molecule has 6 nitrogen and oxygen atoms in total. The molecule has 0 unspecified atom stereocenters. The van der Waals surface area contributed by atoms with Gasteiger partial charge in [-0.15, -0.1) is 0 Å². The number of aromatic hydroxyl groups is 1. The van der Waals surface area contributed by atoms with E-state index in [4.69, 9.17) is 5.26 Å². The van der Waals surface area contributed by atoms with E-state index < -0.39 is 5.82 Å². The Morgan fingerprint density at radius 1 is 1.14 bits per heavy atom. The van der Waals surface area contributed by atoms with Crippen LogP contribution in [0.1, 0.15) is 17.7 Å². The zero-order valence-corrected chi connectivity index (χ0v) is 14.5. The lowest BCUT2D eigenvalue weighted by atomic mass is 10.0. The van der Waals surface area contributed by atoms with Gasteiger partial charge in [0.1, 0.15) is 23.3 Å². The number of hydrogen-bond acceptors (Lipinski definition) is 5. The van der Waals surface area contributed by atoms with E-state index in [0.29, 0.717) is 22.6 Å². The summed E-state index contributed by atoms with van der Waals surface area (Å²) in [4.78, 5) is 20.8. The summed E-state index contributed by atoms with van der Waals surface area (Å²) < 4.78 is 14.1. The minimum Gasteiger partial charge on any atom is -0.507 e. The molecular formula is C21H13FN4O2. The lowest BCUT2D eigenvalue weighted by Gasteiger charge is -2.11. The first-order valence-corrected chi connectivity index (χ1v) is 8.41. The van der Waals surface area contributed by atoms with E-state index in [1.807, 2.05) is 6.07 Å². The van der Waals surface area contributed by atoms with Gasteiger partial charge in [0.05, 0.1) is 23.5 Å². The molecule has 2 aromatic carbocycles. The Bertz CT molecular complexity index is 1180. The van der Waals surface area contributed by atoms with Crippen LogP contribution in [-0.2, 0) is 4.79 Å². The average Bonchev–Trinajstić information content (AvgIpc) is 2.86. The number of aliphatic imine (C=N–C) groups is 1. The number of anilines is 1. The van der Waals surface area contributed by atoms with Crippen molar-refractivity contribution in [1.29, 1.82) is 5.26 Å². The van der Waals surface area contributed by atoms with Gasteiger partial charge in [0.2, 0.25) is 5.91 Å². The van der Waals surface area contributed by atoms with Gasteiger partial charge in [-0.1, -0.05) is 18.2 Å². The summed E-state index contributed by atoms with van der Waals surface area (Å²) in [6.07, 6.45) is 1.46. The van der Waals surface area contributed by atoms with Crippen molar-refractivity contribution in [2.24, 2.45) is 4.99 Å². The van der Waals surface area contributed by atoms with Crippen LogP contribution in [0.15, 0.2) is 59.7 Å². The minimum absolute atomic E-state index is 0.0145. The molecule has 0 bridgehead atoms. The fourth-order valence-corrected chi connectivity index (χ4v) is 3.03. The molecule has 3 aromatic rings. The van der Waals surface area contributed by atoms with Gasteiger partial charge in [0.25, 0.3) is 0 Å². The molecule has 1 aromatic heterocycles. The van der Waals surface area contributed by atoms with Crippen molar-refractivity contribution in [1.82, 2.24) is 4.98 Å². The van der Waals surface area contributed by atoms with Crippen LogP contribution < -0.4 is 5.32 Å². The maximum Gasteiger partial charge on any atom is 0.230 e. The summed E-state index contributed by atoms with van der Waals surface area (Å²) in [5.41, 5.74) is 2.42. The highest BCUT2D eigenvalue weighted by Crippen LogP contribution is 2.40. The van der Waals surface area contributed by atoms with Crippen molar-refractivity contribution >= 4 is 23.0 Å². The number of nitriles is 1. The SMILES string of the molecule is N#Cc1cc(C2=Nc3cc(O)c(-c4ccccc4F)cc3NC(=O)C2)ccn1. The van der Waals surface area contributed by atoms with Crippen molar-refractivity contribution in [3.8, 4) is 22.9 Å². The average molecular weight is 372 g/mol. The number of rotatable bonds is 2. The highest BCUT2D eigenvalue weighted by molar-refractivity contribution is 6.17. The van der Waals surface area contributed by atoms with E-state index in [1.165, 1.54) is 24.4 Å². The fourth-order valence-electron chi connectivity index (χ4n) is 3.03. The molecule has 1 aliphatic heterocycles. The number of aromatic nitrogens is 1. The Balaban J connectivity index is 1.85. The first-order valence-electron chi connectivity index (χ1n) is 8.41. The fraction of sp³-hybridized carbons (Fsp3) is 0.0476. The van der Waals surface area contributed by atoms with Crippen LogP contribution in [0.2, 0.25) is 0 Å². The van der Waals surface area contributed by atoms with Crippen molar-refractivity contribution in [2.75, 3.05) is 5.32 Å². The van der Waals surface area contributed by atoms with Crippen molar-refractivity contribution < 1.29 is 14.3 Å². The van der Waals surface area contributed by atoms with Gasteiger partial charge < -0.3 is 10.4 Å². The molecule has 0 atom stereocenters. The van der Waals surface area contributed by atoms with Crippen LogP contribution in [0.3, 0.4) is 0 Å². The Labute approximate surface area is 159 Å². The van der Waals surface area contributed by atoms with Crippen molar-refractivity contribution in [2.45, 2.75) is 6.42 Å². The highest BCUT2D eigenvalue weighted by Gasteiger charge is 2.20. The van der Waals surface area contributed by atoms with Crippen molar-refractivity contribution in [3.63, 3.8) is 0 Å². The molecule has 0 fully saturated rings. The summed E-state index contributed by atoms with van der Waals surface area (Å²) in [7, 11) is 0. The van der Waals surface area contributed by atoms with Gasteiger partial charge in [-0.2, -0.15) is 5.26 Å². The molecule has 0 saturated heterocycles. The maximum atomic E-state index is 14.1. The number of carbonyl (C=O) groups is 1. The van der Waals surface area contributed by atoms with Gasteiger partial charge in [-0.25, -0.2) is 14.4 Å². The molecule has 1 aliphatic rings. The molecule has 7 heteroatoms. The van der Waals surface area contributed by atoms with Gasteiger partial charge >= 0.3 is 0 Å². The molecule has 0 radical (unpaired) electrons. The summed E-state index contributed by atoms with van der Waals surface area (Å²) in [6, 6.07) is 14.1. The monoisotopic (exact) mass is 372 g/mol. The number of nitrogens with zero attached hydrogens (tertiary/aromatic N) is 3. The van der Waals surface area contributed by atoms with Gasteiger partial charge in [0, 0.05) is 29.0 Å². The molecule has 136 valence electrons. The molecule has 0 spiro atoms. The first-order chi connectivity index (χ1) is 13.5. The highest BCUT2D eigenvalue weighted by atomic mass is 19.1. The first kappa shape index (κ1) is 17.4. The van der Waals surface area contributed by atoms with E-state index in [1.54, 1.807) is 30.3 Å². The maximum absolute atomic E-state index is 14.1. The zero-order chi connectivity index (χ0) is 19.7. The van der Waals surface area contributed by atoms with Crippen LogP contribution in [0, 0.1) is 17.1 Å². The number of fused-ring (bicyclic) bond motifs is 1. The van der Waals surface area contributed by atoms with Crippen LogP contribution in [0.5, 0.6) is 5.75 Å². The number of amides is 1.